The van der Waals surface area contributed by atoms with Crippen molar-refractivity contribution < 1.29 is 0 Å². The third-order valence-corrected chi connectivity index (χ3v) is 14.1. The summed E-state index contributed by atoms with van der Waals surface area (Å²) < 4.78 is 2.47. The van der Waals surface area contributed by atoms with Gasteiger partial charge in [-0.25, -0.2) is 15.0 Å². The molecule has 0 N–H and O–H groups in total. The molecule has 4 nitrogen and oxygen atoms in total. The van der Waals surface area contributed by atoms with Crippen LogP contribution >= 0.6 is 0 Å². The van der Waals surface area contributed by atoms with E-state index in [-0.39, 0.29) is 10.8 Å². The normalized spacial score (nSPS) is 14.3. The van der Waals surface area contributed by atoms with Crippen LogP contribution in [0.4, 0.5) is 0 Å². The summed E-state index contributed by atoms with van der Waals surface area (Å²) in [7, 11) is 0. The molecule has 0 unspecified atom stereocenters. The Morgan fingerprint density at radius 3 is 1.52 bits per heavy atom. The van der Waals surface area contributed by atoms with E-state index >= 15 is 0 Å². The molecule has 2 aromatic heterocycles. The van der Waals surface area contributed by atoms with Gasteiger partial charge < -0.3 is 4.57 Å². The van der Waals surface area contributed by atoms with E-state index in [9.17, 15) is 0 Å². The topological polar surface area (TPSA) is 43.6 Å². The molecule has 0 atom stereocenters. The van der Waals surface area contributed by atoms with Gasteiger partial charge in [0.25, 0.3) is 0 Å². The largest absolute Gasteiger partial charge is 0.309 e. The Morgan fingerprint density at radius 1 is 0.369 bits per heavy atom. The van der Waals surface area contributed by atoms with E-state index in [0.29, 0.717) is 17.5 Å². The first-order valence-corrected chi connectivity index (χ1v) is 22.8. The Hall–Kier alpha value is -7.69. The van der Waals surface area contributed by atoms with Crippen LogP contribution in [-0.4, -0.2) is 19.5 Å². The quantitative estimate of drug-likeness (QED) is 0.168. The molecule has 2 heterocycles. The molecule has 9 aromatic carbocycles. The Labute approximate surface area is 379 Å². The molecule has 65 heavy (non-hydrogen) atoms. The van der Waals surface area contributed by atoms with E-state index in [1.807, 2.05) is 6.07 Å². The van der Waals surface area contributed by atoms with Gasteiger partial charge in [0.15, 0.2) is 17.5 Å². The zero-order valence-corrected chi connectivity index (χ0v) is 37.2. The third kappa shape index (κ3) is 6.54. The van der Waals surface area contributed by atoms with E-state index in [2.05, 4.69) is 220 Å². The second-order valence-corrected chi connectivity index (χ2v) is 19.1. The van der Waals surface area contributed by atoms with Crippen LogP contribution in [0, 0.1) is 0 Å². The lowest BCUT2D eigenvalue weighted by Crippen LogP contribution is -2.33. The van der Waals surface area contributed by atoms with Gasteiger partial charge in [-0.05, 0) is 127 Å². The molecule has 4 heteroatoms. The number of nitrogens with zero attached hydrogens (tertiary/aromatic N) is 4. The Kier molecular flexibility index (Phi) is 8.96. The van der Waals surface area contributed by atoms with E-state index in [0.717, 1.165) is 45.1 Å². The SMILES string of the molecule is CC1(C)CCC(C)(C)c2cc3c(cc21)c1c2ccccc2ccc1n3-c1ccc(-c2nc(-c3ccc(-c4ccccc4)cc3)nc(-c3ccc(-c4ccccc4)c4ccccc34)n2)cc1. The van der Waals surface area contributed by atoms with Crippen LogP contribution in [0.3, 0.4) is 0 Å². The molecule has 1 aliphatic rings. The van der Waals surface area contributed by atoms with Crippen LogP contribution in [0.1, 0.15) is 51.7 Å². The van der Waals surface area contributed by atoms with Gasteiger partial charge in [0.1, 0.15) is 0 Å². The fourth-order valence-corrected chi connectivity index (χ4v) is 10.4. The first-order valence-electron chi connectivity index (χ1n) is 22.8. The molecular formula is C61H48N4. The predicted molar refractivity (Wildman–Crippen MR) is 272 cm³/mol. The summed E-state index contributed by atoms with van der Waals surface area (Å²) in [6, 6.07) is 69.8. The van der Waals surface area contributed by atoms with Crippen molar-refractivity contribution in [2.75, 3.05) is 0 Å². The molecule has 0 radical (unpaired) electrons. The minimum atomic E-state index is 0.0788. The summed E-state index contributed by atoms with van der Waals surface area (Å²) in [6.45, 7) is 9.67. The summed E-state index contributed by atoms with van der Waals surface area (Å²) in [4.78, 5) is 15.8. The first-order chi connectivity index (χ1) is 31.7. The molecule has 0 amide bonds. The average molecular weight is 837 g/mol. The number of hydrogen-bond donors (Lipinski definition) is 0. The maximum Gasteiger partial charge on any atom is 0.164 e. The molecule has 12 rings (SSSR count). The van der Waals surface area contributed by atoms with E-state index < -0.39 is 0 Å². The minimum Gasteiger partial charge on any atom is -0.309 e. The summed E-state index contributed by atoms with van der Waals surface area (Å²) in [6.07, 6.45) is 2.34. The predicted octanol–water partition coefficient (Wildman–Crippen LogP) is 16.0. The van der Waals surface area contributed by atoms with Crippen LogP contribution in [0.2, 0.25) is 0 Å². The van der Waals surface area contributed by atoms with Gasteiger partial charge >= 0.3 is 0 Å². The van der Waals surface area contributed by atoms with Gasteiger partial charge in [-0.15, -0.1) is 0 Å². The highest BCUT2D eigenvalue weighted by Crippen LogP contribution is 2.49. The molecule has 0 saturated carbocycles. The van der Waals surface area contributed by atoms with Crippen molar-refractivity contribution in [2.45, 2.75) is 51.4 Å². The van der Waals surface area contributed by atoms with Gasteiger partial charge in [-0.1, -0.05) is 173 Å². The molecule has 0 saturated heterocycles. The molecule has 0 fully saturated rings. The van der Waals surface area contributed by atoms with Crippen LogP contribution in [0.25, 0.3) is 105 Å². The monoisotopic (exact) mass is 836 g/mol. The van der Waals surface area contributed by atoms with E-state index in [1.165, 1.54) is 66.8 Å². The maximum absolute atomic E-state index is 5.29. The van der Waals surface area contributed by atoms with Crippen LogP contribution in [0.15, 0.2) is 194 Å². The lowest BCUT2D eigenvalue weighted by molar-refractivity contribution is 0.332. The zero-order chi connectivity index (χ0) is 43.9. The highest BCUT2D eigenvalue weighted by atomic mass is 15.0. The van der Waals surface area contributed by atoms with Crippen molar-refractivity contribution in [3.05, 3.63) is 205 Å². The van der Waals surface area contributed by atoms with Gasteiger partial charge in [0.05, 0.1) is 11.0 Å². The summed E-state index contributed by atoms with van der Waals surface area (Å²) in [5.41, 5.74) is 14.2. The minimum absolute atomic E-state index is 0.0788. The summed E-state index contributed by atoms with van der Waals surface area (Å²) >= 11 is 0. The Bertz CT molecular complexity index is 3620. The second-order valence-electron chi connectivity index (χ2n) is 19.1. The van der Waals surface area contributed by atoms with Crippen molar-refractivity contribution in [3.63, 3.8) is 0 Å². The highest BCUT2D eigenvalue weighted by Gasteiger charge is 2.38. The number of aromatic nitrogens is 4. The number of fused-ring (bicyclic) bond motifs is 7. The molecular weight excluding hydrogens is 789 g/mol. The van der Waals surface area contributed by atoms with Gasteiger partial charge in [0.2, 0.25) is 0 Å². The van der Waals surface area contributed by atoms with Gasteiger partial charge in [-0.2, -0.15) is 0 Å². The number of rotatable bonds is 6. The fourth-order valence-electron chi connectivity index (χ4n) is 10.4. The standard InChI is InChI=1S/C61H48N4/c1-60(2)35-36-61(3,4)53-38-55-51(37-52(53)60)56-47-20-12-11-19-42(47)29-34-54(56)65(55)45-30-27-44(28-31-45)58-62-57(43-25-23-40(24-26-43)39-15-7-5-8-16-39)63-59(64-58)50-33-32-46(41-17-9-6-10-18-41)48-21-13-14-22-49(48)50/h5-34,37-38H,35-36H2,1-4H3. The lowest BCUT2D eigenvalue weighted by atomic mass is 9.63. The Morgan fingerprint density at radius 2 is 0.862 bits per heavy atom. The Balaban J connectivity index is 1.03. The smallest absolute Gasteiger partial charge is 0.164 e. The van der Waals surface area contributed by atoms with E-state index in [4.69, 9.17) is 15.0 Å². The summed E-state index contributed by atoms with van der Waals surface area (Å²) in [5.74, 6) is 1.90. The molecule has 0 bridgehead atoms. The average Bonchev–Trinajstić information content (AvgIpc) is 3.69. The number of hydrogen-bond acceptors (Lipinski definition) is 3. The van der Waals surface area contributed by atoms with Crippen molar-refractivity contribution in [1.82, 2.24) is 19.5 Å². The lowest BCUT2D eigenvalue weighted by Gasteiger charge is -2.42. The van der Waals surface area contributed by atoms with Crippen molar-refractivity contribution in [1.29, 1.82) is 0 Å². The number of benzene rings is 9. The van der Waals surface area contributed by atoms with Crippen LogP contribution in [-0.2, 0) is 10.8 Å². The molecule has 1 aliphatic carbocycles. The van der Waals surface area contributed by atoms with Gasteiger partial charge in [0, 0.05) is 33.2 Å². The first kappa shape index (κ1) is 38.9. The molecule has 11 aromatic rings. The molecule has 0 aliphatic heterocycles. The van der Waals surface area contributed by atoms with Crippen molar-refractivity contribution in [3.8, 4) is 62.1 Å². The molecule has 312 valence electrons. The van der Waals surface area contributed by atoms with Crippen molar-refractivity contribution >= 4 is 43.4 Å². The van der Waals surface area contributed by atoms with Crippen LogP contribution < -0.4 is 0 Å². The molecule has 0 spiro atoms. The van der Waals surface area contributed by atoms with Crippen LogP contribution in [0.5, 0.6) is 0 Å². The highest BCUT2D eigenvalue weighted by molar-refractivity contribution is 6.21. The summed E-state index contributed by atoms with van der Waals surface area (Å²) in [5, 5.41) is 7.40. The van der Waals surface area contributed by atoms with Gasteiger partial charge in [-0.3, -0.25) is 0 Å². The zero-order valence-electron chi connectivity index (χ0n) is 37.2. The second kappa shape index (κ2) is 15.0. The fraction of sp³-hybridized carbons (Fsp3) is 0.131. The third-order valence-electron chi connectivity index (χ3n) is 14.1. The van der Waals surface area contributed by atoms with Crippen molar-refractivity contribution in [2.24, 2.45) is 0 Å². The maximum atomic E-state index is 5.29. The van der Waals surface area contributed by atoms with E-state index in [1.54, 1.807) is 0 Å².